The molecule has 1 aromatic heterocycles. The zero-order chi connectivity index (χ0) is 14.2. The van der Waals surface area contributed by atoms with Crippen molar-refractivity contribution >= 4 is 11.5 Å². The van der Waals surface area contributed by atoms with Gasteiger partial charge in [0.15, 0.2) is 5.78 Å². The molecule has 6 nitrogen and oxygen atoms in total. The van der Waals surface area contributed by atoms with Crippen molar-refractivity contribution in [2.45, 2.75) is 6.92 Å². The van der Waals surface area contributed by atoms with E-state index in [-0.39, 0.29) is 17.3 Å². The first kappa shape index (κ1) is 12.8. The summed E-state index contributed by atoms with van der Waals surface area (Å²) in [5.41, 5.74) is -1.47. The Morgan fingerprint density at radius 1 is 1.42 bits per heavy atom. The van der Waals surface area contributed by atoms with Gasteiger partial charge in [0.2, 0.25) is 5.82 Å². The molecule has 0 saturated carbocycles. The van der Waals surface area contributed by atoms with Crippen LogP contribution in [0.1, 0.15) is 17.4 Å². The SMILES string of the molecule is CC(=O)c1cnc(-c2c(F)ccc([N+](=O)[O-])c2F)[nH]1. The third-order valence-electron chi connectivity index (χ3n) is 2.46. The number of rotatable bonds is 3. The molecule has 1 N–H and O–H groups in total. The molecule has 1 heterocycles. The first-order valence-electron chi connectivity index (χ1n) is 5.10. The normalized spacial score (nSPS) is 10.5. The number of ketones is 1. The van der Waals surface area contributed by atoms with E-state index in [1.165, 1.54) is 6.92 Å². The van der Waals surface area contributed by atoms with E-state index < -0.39 is 27.8 Å². The maximum Gasteiger partial charge on any atom is 0.305 e. The summed E-state index contributed by atoms with van der Waals surface area (Å²) < 4.78 is 27.4. The number of carbonyl (C=O) groups is 1. The van der Waals surface area contributed by atoms with Crippen molar-refractivity contribution in [1.82, 2.24) is 9.97 Å². The predicted octanol–water partition coefficient (Wildman–Crippen LogP) is 2.47. The Labute approximate surface area is 105 Å². The molecule has 0 aliphatic rings. The maximum absolute atomic E-state index is 13.9. The van der Waals surface area contributed by atoms with E-state index in [4.69, 9.17) is 0 Å². The fourth-order valence-corrected chi connectivity index (χ4v) is 1.53. The number of nitro benzene ring substituents is 1. The molecule has 1 aromatic carbocycles. The fraction of sp³-hybridized carbons (Fsp3) is 0.0909. The summed E-state index contributed by atoms with van der Waals surface area (Å²) in [6, 6.07) is 1.50. The van der Waals surface area contributed by atoms with Crippen LogP contribution < -0.4 is 0 Å². The first-order valence-corrected chi connectivity index (χ1v) is 5.10. The van der Waals surface area contributed by atoms with Crippen LogP contribution in [0.15, 0.2) is 18.3 Å². The summed E-state index contributed by atoms with van der Waals surface area (Å²) >= 11 is 0. The van der Waals surface area contributed by atoms with Crippen molar-refractivity contribution in [3.05, 3.63) is 45.8 Å². The van der Waals surface area contributed by atoms with Crippen molar-refractivity contribution in [2.75, 3.05) is 0 Å². The summed E-state index contributed by atoms with van der Waals surface area (Å²) in [6.07, 6.45) is 1.11. The van der Waals surface area contributed by atoms with Crippen LogP contribution >= 0.6 is 0 Å². The van der Waals surface area contributed by atoms with Crippen LogP contribution in [-0.4, -0.2) is 20.7 Å². The molecule has 0 saturated heterocycles. The van der Waals surface area contributed by atoms with Gasteiger partial charge in [-0.25, -0.2) is 9.37 Å². The molecule has 0 aliphatic carbocycles. The van der Waals surface area contributed by atoms with Crippen molar-refractivity contribution in [3.63, 3.8) is 0 Å². The van der Waals surface area contributed by atoms with Gasteiger partial charge in [-0.2, -0.15) is 4.39 Å². The number of carbonyl (C=O) groups excluding carboxylic acids is 1. The minimum Gasteiger partial charge on any atom is -0.335 e. The van der Waals surface area contributed by atoms with Gasteiger partial charge in [-0.15, -0.1) is 0 Å². The van der Waals surface area contributed by atoms with Gasteiger partial charge in [-0.1, -0.05) is 0 Å². The van der Waals surface area contributed by atoms with Crippen molar-refractivity contribution in [3.8, 4) is 11.4 Å². The molecule has 0 aliphatic heterocycles. The Kier molecular flexibility index (Phi) is 3.07. The van der Waals surface area contributed by atoms with Crippen molar-refractivity contribution in [2.24, 2.45) is 0 Å². The number of Topliss-reactive ketones (excluding diaryl/α,β-unsaturated/α-hetero) is 1. The highest BCUT2D eigenvalue weighted by Crippen LogP contribution is 2.29. The highest BCUT2D eigenvalue weighted by molar-refractivity contribution is 5.92. The van der Waals surface area contributed by atoms with Gasteiger partial charge in [0.1, 0.15) is 17.3 Å². The van der Waals surface area contributed by atoms with Crippen LogP contribution in [0, 0.1) is 21.7 Å². The molecule has 2 rings (SSSR count). The number of nitrogens with zero attached hydrogens (tertiary/aromatic N) is 2. The fourth-order valence-electron chi connectivity index (χ4n) is 1.53. The third-order valence-corrected chi connectivity index (χ3v) is 2.46. The number of hydrogen-bond acceptors (Lipinski definition) is 4. The third kappa shape index (κ3) is 2.19. The Morgan fingerprint density at radius 2 is 2.11 bits per heavy atom. The van der Waals surface area contributed by atoms with E-state index >= 15 is 0 Å². The van der Waals surface area contributed by atoms with Crippen LogP contribution in [0.4, 0.5) is 14.5 Å². The van der Waals surface area contributed by atoms with E-state index in [2.05, 4.69) is 9.97 Å². The average molecular weight is 267 g/mol. The van der Waals surface area contributed by atoms with Gasteiger partial charge in [0.25, 0.3) is 0 Å². The summed E-state index contributed by atoms with van der Waals surface area (Å²) in [4.78, 5) is 26.8. The molecule has 0 bridgehead atoms. The second kappa shape index (κ2) is 4.56. The second-order valence-corrected chi connectivity index (χ2v) is 3.71. The summed E-state index contributed by atoms with van der Waals surface area (Å²) in [7, 11) is 0. The van der Waals surface area contributed by atoms with Gasteiger partial charge in [0, 0.05) is 13.0 Å². The molecular formula is C11H7F2N3O3. The Morgan fingerprint density at radius 3 is 2.63 bits per heavy atom. The molecule has 8 heteroatoms. The molecule has 0 fully saturated rings. The number of halogens is 2. The lowest BCUT2D eigenvalue weighted by molar-refractivity contribution is -0.387. The van der Waals surface area contributed by atoms with Crippen molar-refractivity contribution < 1.29 is 18.5 Å². The number of aromatic amines is 1. The number of nitro groups is 1. The smallest absolute Gasteiger partial charge is 0.305 e. The van der Waals surface area contributed by atoms with E-state index in [1.54, 1.807) is 0 Å². The summed E-state index contributed by atoms with van der Waals surface area (Å²) in [5, 5.41) is 10.6. The van der Waals surface area contributed by atoms with Gasteiger partial charge < -0.3 is 4.98 Å². The molecular weight excluding hydrogens is 260 g/mol. The molecule has 0 amide bonds. The Balaban J connectivity index is 2.63. The molecule has 0 atom stereocenters. The zero-order valence-corrected chi connectivity index (χ0v) is 9.61. The monoisotopic (exact) mass is 267 g/mol. The zero-order valence-electron chi connectivity index (χ0n) is 9.61. The minimum atomic E-state index is -1.34. The number of hydrogen-bond donors (Lipinski definition) is 1. The lowest BCUT2D eigenvalue weighted by atomic mass is 10.1. The molecule has 0 unspecified atom stereocenters. The maximum atomic E-state index is 13.9. The number of benzene rings is 1. The second-order valence-electron chi connectivity index (χ2n) is 3.71. The molecule has 98 valence electrons. The number of aromatic nitrogens is 2. The van der Waals surface area contributed by atoms with Gasteiger partial charge in [-0.05, 0) is 6.07 Å². The van der Waals surface area contributed by atoms with Crippen LogP contribution in [0.2, 0.25) is 0 Å². The van der Waals surface area contributed by atoms with E-state index in [0.29, 0.717) is 0 Å². The molecule has 19 heavy (non-hydrogen) atoms. The van der Waals surface area contributed by atoms with Crippen LogP contribution in [-0.2, 0) is 0 Å². The topological polar surface area (TPSA) is 88.9 Å². The number of H-pyrrole nitrogens is 1. The Bertz CT molecular complexity index is 682. The lowest BCUT2D eigenvalue weighted by Gasteiger charge is -2.02. The van der Waals surface area contributed by atoms with Crippen LogP contribution in [0.25, 0.3) is 11.4 Å². The van der Waals surface area contributed by atoms with Gasteiger partial charge in [0.05, 0.1) is 16.7 Å². The van der Waals surface area contributed by atoms with E-state index in [0.717, 1.165) is 18.3 Å². The highest BCUT2D eigenvalue weighted by Gasteiger charge is 2.24. The predicted molar refractivity (Wildman–Crippen MR) is 60.6 cm³/mol. The standard InChI is InChI=1S/C11H7F2N3O3/c1-5(17)7-4-14-11(15-7)9-6(12)2-3-8(10(9)13)16(18)19/h2-4H,1H3,(H,14,15). The summed E-state index contributed by atoms with van der Waals surface area (Å²) in [5.74, 6) is -2.99. The van der Waals surface area contributed by atoms with E-state index in [1.807, 2.05) is 0 Å². The lowest BCUT2D eigenvalue weighted by Crippen LogP contribution is -1.99. The molecule has 0 radical (unpaired) electrons. The minimum absolute atomic E-state index is 0.0558. The van der Waals surface area contributed by atoms with Gasteiger partial charge in [-0.3, -0.25) is 14.9 Å². The van der Waals surface area contributed by atoms with E-state index in [9.17, 15) is 23.7 Å². The quantitative estimate of drug-likeness (QED) is 0.525. The van der Waals surface area contributed by atoms with Gasteiger partial charge >= 0.3 is 5.69 Å². The van der Waals surface area contributed by atoms with Crippen molar-refractivity contribution in [1.29, 1.82) is 0 Å². The molecule has 0 spiro atoms. The largest absolute Gasteiger partial charge is 0.335 e. The summed E-state index contributed by atoms with van der Waals surface area (Å²) in [6.45, 7) is 1.25. The number of nitrogens with one attached hydrogen (secondary N) is 1. The molecule has 2 aromatic rings. The first-order chi connectivity index (χ1) is 8.91. The number of imidazole rings is 1. The Hall–Kier alpha value is -2.64. The van der Waals surface area contributed by atoms with Crippen LogP contribution in [0.5, 0.6) is 0 Å². The average Bonchev–Trinajstić information content (AvgIpc) is 2.78. The highest BCUT2D eigenvalue weighted by atomic mass is 19.1. The van der Waals surface area contributed by atoms with Crippen LogP contribution in [0.3, 0.4) is 0 Å².